The van der Waals surface area contributed by atoms with Crippen molar-refractivity contribution in [2.24, 2.45) is 0 Å². The summed E-state index contributed by atoms with van der Waals surface area (Å²) in [5.74, 6) is 0.138. The maximum absolute atomic E-state index is 13.2. The second-order valence-electron chi connectivity index (χ2n) is 5.87. The van der Waals surface area contributed by atoms with Crippen LogP contribution < -0.4 is 4.73 Å². The summed E-state index contributed by atoms with van der Waals surface area (Å²) in [5, 5.41) is 24.6. The number of aromatic nitrogens is 2. The van der Waals surface area contributed by atoms with Gasteiger partial charge < -0.3 is 10.4 Å². The summed E-state index contributed by atoms with van der Waals surface area (Å²) in [6.45, 7) is 0. The van der Waals surface area contributed by atoms with Gasteiger partial charge in [0.1, 0.15) is 0 Å². The van der Waals surface area contributed by atoms with Crippen molar-refractivity contribution in [3.8, 4) is 33.9 Å². The van der Waals surface area contributed by atoms with Crippen molar-refractivity contribution in [3.63, 3.8) is 0 Å². The molecule has 5 heteroatoms. The summed E-state index contributed by atoms with van der Waals surface area (Å²) in [6.07, 6.45) is 0. The van der Waals surface area contributed by atoms with E-state index in [9.17, 15) is 10.4 Å². The van der Waals surface area contributed by atoms with Crippen LogP contribution in [0.25, 0.3) is 33.9 Å². The molecule has 1 heterocycles. The van der Waals surface area contributed by atoms with Crippen LogP contribution in [0.15, 0.2) is 84.9 Å². The SMILES string of the molecule is [O-][n+]1c(-c2ccccc2)c(-c2ccccc2)n(O)c1-c1ccc(Cl)cc1. The quantitative estimate of drug-likeness (QED) is 0.316. The number of hydrogen-bond donors (Lipinski definition) is 1. The molecule has 0 amide bonds. The summed E-state index contributed by atoms with van der Waals surface area (Å²) in [5.41, 5.74) is 2.88. The highest BCUT2D eigenvalue weighted by Gasteiger charge is 2.31. The third-order valence-electron chi connectivity index (χ3n) is 4.23. The van der Waals surface area contributed by atoms with Crippen LogP contribution >= 0.6 is 11.6 Å². The molecule has 128 valence electrons. The fourth-order valence-corrected chi connectivity index (χ4v) is 3.16. The lowest BCUT2D eigenvalue weighted by Crippen LogP contribution is -2.30. The Morgan fingerprint density at radius 2 is 1.27 bits per heavy atom. The Hall–Kier alpha value is -3.24. The van der Waals surface area contributed by atoms with Gasteiger partial charge in [-0.05, 0) is 29.0 Å². The predicted molar refractivity (Wildman–Crippen MR) is 102 cm³/mol. The fourth-order valence-electron chi connectivity index (χ4n) is 3.04. The first-order valence-electron chi connectivity index (χ1n) is 8.11. The van der Waals surface area contributed by atoms with Crippen LogP contribution in [0.4, 0.5) is 0 Å². The second-order valence-corrected chi connectivity index (χ2v) is 6.30. The molecule has 0 spiro atoms. The largest absolute Gasteiger partial charge is 0.710 e. The minimum atomic E-state index is 0.138. The van der Waals surface area contributed by atoms with Gasteiger partial charge in [0, 0.05) is 16.1 Å². The van der Waals surface area contributed by atoms with Gasteiger partial charge in [-0.15, -0.1) is 0 Å². The third-order valence-corrected chi connectivity index (χ3v) is 4.48. The van der Waals surface area contributed by atoms with E-state index in [1.165, 1.54) is 0 Å². The van der Waals surface area contributed by atoms with E-state index in [2.05, 4.69) is 0 Å². The maximum atomic E-state index is 13.2. The van der Waals surface area contributed by atoms with Gasteiger partial charge in [-0.1, -0.05) is 72.3 Å². The zero-order valence-corrected chi connectivity index (χ0v) is 14.5. The number of nitrogens with zero attached hydrogens (tertiary/aromatic N) is 2. The monoisotopic (exact) mass is 362 g/mol. The zero-order valence-electron chi connectivity index (χ0n) is 13.7. The van der Waals surface area contributed by atoms with Gasteiger partial charge in [-0.2, -0.15) is 0 Å². The molecular formula is C21H15ClN2O2. The van der Waals surface area contributed by atoms with Gasteiger partial charge >= 0.3 is 5.82 Å². The number of benzene rings is 3. The van der Waals surface area contributed by atoms with E-state index in [0.717, 1.165) is 20.6 Å². The molecule has 1 aromatic heterocycles. The van der Waals surface area contributed by atoms with Crippen molar-refractivity contribution in [3.05, 3.63) is 95.2 Å². The number of imidazole rings is 1. The van der Waals surface area contributed by atoms with E-state index >= 15 is 0 Å². The minimum Gasteiger partial charge on any atom is -0.710 e. The van der Waals surface area contributed by atoms with E-state index in [4.69, 9.17) is 11.6 Å². The summed E-state index contributed by atoms with van der Waals surface area (Å²) >= 11 is 5.95. The Bertz CT molecular complexity index is 980. The molecule has 4 nitrogen and oxygen atoms in total. The lowest BCUT2D eigenvalue weighted by atomic mass is 10.1. The highest BCUT2D eigenvalue weighted by atomic mass is 35.5. The van der Waals surface area contributed by atoms with Gasteiger partial charge in [-0.3, -0.25) is 0 Å². The number of hydrogen-bond acceptors (Lipinski definition) is 2. The van der Waals surface area contributed by atoms with Crippen LogP contribution in [0.2, 0.25) is 5.02 Å². The van der Waals surface area contributed by atoms with Crippen molar-refractivity contribution in [2.75, 3.05) is 0 Å². The molecule has 0 aliphatic rings. The van der Waals surface area contributed by atoms with Crippen molar-refractivity contribution < 1.29 is 9.94 Å². The number of halogens is 1. The average molecular weight is 363 g/mol. The van der Waals surface area contributed by atoms with Crippen LogP contribution in [0.5, 0.6) is 0 Å². The topological polar surface area (TPSA) is 52.1 Å². The maximum Gasteiger partial charge on any atom is 0.332 e. The molecule has 0 saturated heterocycles. The van der Waals surface area contributed by atoms with Gasteiger partial charge in [0.15, 0.2) is 5.69 Å². The van der Waals surface area contributed by atoms with Crippen LogP contribution in [0.1, 0.15) is 0 Å². The molecule has 3 aromatic carbocycles. The molecular weight excluding hydrogens is 348 g/mol. The summed E-state index contributed by atoms with van der Waals surface area (Å²) in [6, 6.07) is 25.5. The molecule has 0 saturated carbocycles. The molecule has 0 radical (unpaired) electrons. The Balaban J connectivity index is 2.04. The van der Waals surface area contributed by atoms with E-state index in [1.54, 1.807) is 24.3 Å². The lowest BCUT2D eigenvalue weighted by molar-refractivity contribution is -0.582. The first kappa shape index (κ1) is 16.2. The Labute approximate surface area is 155 Å². The fraction of sp³-hybridized carbons (Fsp3) is 0. The van der Waals surface area contributed by atoms with Crippen LogP contribution in [0.3, 0.4) is 0 Å². The number of rotatable bonds is 3. The van der Waals surface area contributed by atoms with Crippen molar-refractivity contribution in [2.45, 2.75) is 0 Å². The van der Waals surface area contributed by atoms with Crippen LogP contribution in [0, 0.1) is 5.21 Å². The molecule has 0 aliphatic heterocycles. The molecule has 4 aromatic rings. The van der Waals surface area contributed by atoms with E-state index < -0.39 is 0 Å². The van der Waals surface area contributed by atoms with Gasteiger partial charge in [0.2, 0.25) is 5.69 Å². The van der Waals surface area contributed by atoms with Gasteiger partial charge in [0.25, 0.3) is 0 Å². The summed E-state index contributed by atoms with van der Waals surface area (Å²) in [4.78, 5) is 0. The lowest BCUT2D eigenvalue weighted by Gasteiger charge is -2.07. The molecule has 0 unspecified atom stereocenters. The molecule has 0 aliphatic carbocycles. The second kappa shape index (κ2) is 6.58. The smallest absolute Gasteiger partial charge is 0.332 e. The highest BCUT2D eigenvalue weighted by Crippen LogP contribution is 2.33. The zero-order chi connectivity index (χ0) is 18.1. The Kier molecular flexibility index (Phi) is 4.11. The molecule has 0 atom stereocenters. The summed E-state index contributed by atoms with van der Waals surface area (Å²) < 4.78 is 1.72. The molecule has 1 N–H and O–H groups in total. The van der Waals surface area contributed by atoms with E-state index in [1.807, 2.05) is 60.7 Å². The molecule has 0 bridgehead atoms. The minimum absolute atomic E-state index is 0.138. The molecule has 0 fully saturated rings. The van der Waals surface area contributed by atoms with Crippen molar-refractivity contribution in [1.82, 2.24) is 4.73 Å². The van der Waals surface area contributed by atoms with Crippen molar-refractivity contribution in [1.29, 1.82) is 0 Å². The highest BCUT2D eigenvalue weighted by molar-refractivity contribution is 6.30. The van der Waals surface area contributed by atoms with Crippen LogP contribution in [-0.2, 0) is 0 Å². The predicted octanol–water partition coefficient (Wildman–Crippen LogP) is 5.01. The first-order valence-corrected chi connectivity index (χ1v) is 8.49. The normalized spacial score (nSPS) is 10.8. The van der Waals surface area contributed by atoms with Crippen LogP contribution in [-0.4, -0.2) is 9.94 Å². The standard InChI is InChI=1S/C21H15ClN2O2/c22-18-13-11-17(12-14-18)21-23(25)19(15-7-3-1-4-8-15)20(24(21)26)16-9-5-2-6-10-16/h1-14,25H. The average Bonchev–Trinajstić information content (AvgIpc) is 2.94. The Morgan fingerprint density at radius 3 is 1.85 bits per heavy atom. The van der Waals surface area contributed by atoms with E-state index in [-0.39, 0.29) is 5.82 Å². The third kappa shape index (κ3) is 2.70. The van der Waals surface area contributed by atoms with Crippen molar-refractivity contribution >= 4 is 11.6 Å². The van der Waals surface area contributed by atoms with Gasteiger partial charge in [-0.25, -0.2) is 4.73 Å². The molecule has 4 rings (SSSR count). The van der Waals surface area contributed by atoms with E-state index in [0.29, 0.717) is 22.0 Å². The first-order chi connectivity index (χ1) is 12.7. The van der Waals surface area contributed by atoms with Gasteiger partial charge in [0.05, 0.1) is 5.56 Å². The Morgan fingerprint density at radius 1 is 0.731 bits per heavy atom. The molecule has 26 heavy (non-hydrogen) atoms. The summed E-state index contributed by atoms with van der Waals surface area (Å²) in [7, 11) is 0.